The summed E-state index contributed by atoms with van der Waals surface area (Å²) in [4.78, 5) is 37.9. The Morgan fingerprint density at radius 1 is 0.323 bits per heavy atom. The van der Waals surface area contributed by atoms with Gasteiger partial charge in [-0.05, 0) is 89.9 Å². The van der Waals surface area contributed by atoms with Gasteiger partial charge in [-0.2, -0.15) is 0 Å². The molecule has 0 bridgehead atoms. The first kappa shape index (κ1) is 61.9. The third kappa shape index (κ3) is 51.7. The van der Waals surface area contributed by atoms with E-state index in [0.717, 1.165) is 109 Å². The summed E-state index contributed by atoms with van der Waals surface area (Å²) in [6.45, 7) is 6.49. The predicted molar refractivity (Wildman–Crippen MR) is 279 cm³/mol. The maximum absolute atomic E-state index is 12.8. The summed E-state index contributed by atoms with van der Waals surface area (Å²) in [5, 5.41) is 0. The van der Waals surface area contributed by atoms with E-state index in [1.165, 1.54) is 116 Å². The third-order valence-corrected chi connectivity index (χ3v) is 11.7. The number of esters is 3. The minimum absolute atomic E-state index is 0.0809. The average molecular weight is 907 g/mol. The second-order valence-corrected chi connectivity index (χ2v) is 18.1. The van der Waals surface area contributed by atoms with Gasteiger partial charge in [0, 0.05) is 19.3 Å². The van der Waals surface area contributed by atoms with Gasteiger partial charge in [0.2, 0.25) is 0 Å². The van der Waals surface area contributed by atoms with Crippen molar-refractivity contribution in [3.63, 3.8) is 0 Å². The molecule has 0 aliphatic heterocycles. The van der Waals surface area contributed by atoms with E-state index < -0.39 is 6.10 Å². The van der Waals surface area contributed by atoms with Gasteiger partial charge >= 0.3 is 17.9 Å². The van der Waals surface area contributed by atoms with Gasteiger partial charge in [0.15, 0.2) is 6.10 Å². The molecule has 0 saturated heterocycles. The van der Waals surface area contributed by atoms with Crippen LogP contribution in [0.1, 0.15) is 265 Å². The standard InChI is InChI=1S/C59H102O6/c1-4-7-10-13-16-19-21-23-25-27-28-29-30-31-32-33-35-36-38-40-43-46-49-52-58(61)64-55-56(54-63-57(60)51-48-45-42-18-15-12-9-6-3)65-59(62)53-50-47-44-41-39-37-34-26-24-22-20-17-14-11-8-5-2/h7,10,16,19,23,25-26,28-29,31-32,34,56H,4-6,8-9,11-15,17-18,20-22,24,27,30,33,35-55H2,1-3H3/b10-7-,19-16-,25-23-,29-28-,32-31-,34-26-. The number of carbonyl (C=O) groups excluding carboxylic acids is 3. The van der Waals surface area contributed by atoms with Crippen LogP contribution in [0.4, 0.5) is 0 Å². The topological polar surface area (TPSA) is 78.9 Å². The van der Waals surface area contributed by atoms with Crippen molar-refractivity contribution in [2.24, 2.45) is 0 Å². The lowest BCUT2D eigenvalue weighted by atomic mass is 10.1. The molecule has 0 amide bonds. The van der Waals surface area contributed by atoms with Crippen molar-refractivity contribution in [2.45, 2.75) is 271 Å². The molecule has 0 N–H and O–H groups in total. The van der Waals surface area contributed by atoms with Crippen molar-refractivity contribution in [1.29, 1.82) is 0 Å². The van der Waals surface area contributed by atoms with Gasteiger partial charge in [-0.3, -0.25) is 14.4 Å². The first-order valence-electron chi connectivity index (χ1n) is 27.4. The van der Waals surface area contributed by atoms with E-state index in [0.29, 0.717) is 19.3 Å². The Balaban J connectivity index is 4.28. The van der Waals surface area contributed by atoms with E-state index in [1.807, 2.05) is 0 Å². The number of hydrogen-bond acceptors (Lipinski definition) is 6. The number of allylic oxidation sites excluding steroid dienone is 12. The molecule has 6 nitrogen and oxygen atoms in total. The molecule has 0 aliphatic carbocycles. The van der Waals surface area contributed by atoms with Crippen molar-refractivity contribution >= 4 is 17.9 Å². The van der Waals surface area contributed by atoms with Crippen LogP contribution in [0.25, 0.3) is 0 Å². The van der Waals surface area contributed by atoms with Gasteiger partial charge in [-0.25, -0.2) is 0 Å². The van der Waals surface area contributed by atoms with E-state index in [-0.39, 0.29) is 31.1 Å². The fourth-order valence-electron chi connectivity index (χ4n) is 7.58. The SMILES string of the molecule is CC/C=C\C/C=C\C/C=C\C/C=C\C/C=C\CCCCCCCCCC(=O)OCC(COC(=O)CCCCCCCCCC)OC(=O)CCCCCCC/C=C\CCCCCCCCC. The number of unbranched alkanes of at least 4 members (excludes halogenated alkanes) is 26. The van der Waals surface area contributed by atoms with E-state index in [1.54, 1.807) is 0 Å². The van der Waals surface area contributed by atoms with Crippen LogP contribution in [0, 0.1) is 0 Å². The quantitative estimate of drug-likeness (QED) is 0.0262. The van der Waals surface area contributed by atoms with Gasteiger partial charge < -0.3 is 14.2 Å². The molecular formula is C59H102O6. The molecule has 374 valence electrons. The Bertz CT molecular complexity index is 1230. The molecule has 0 radical (unpaired) electrons. The Morgan fingerprint density at radius 2 is 0.600 bits per heavy atom. The Kier molecular flexibility index (Phi) is 50.9. The normalized spacial score (nSPS) is 12.6. The first-order chi connectivity index (χ1) is 32.0. The lowest BCUT2D eigenvalue weighted by Gasteiger charge is -2.18. The maximum Gasteiger partial charge on any atom is 0.306 e. The molecule has 0 heterocycles. The summed E-state index contributed by atoms with van der Waals surface area (Å²) in [5.74, 6) is -0.900. The molecule has 0 aliphatic rings. The molecule has 0 rings (SSSR count). The number of rotatable bonds is 49. The first-order valence-corrected chi connectivity index (χ1v) is 27.4. The van der Waals surface area contributed by atoms with E-state index in [4.69, 9.17) is 14.2 Å². The van der Waals surface area contributed by atoms with E-state index in [9.17, 15) is 14.4 Å². The molecule has 0 saturated carbocycles. The fraction of sp³-hybridized carbons (Fsp3) is 0.746. The predicted octanol–water partition coefficient (Wildman–Crippen LogP) is 18.2. The van der Waals surface area contributed by atoms with Crippen molar-refractivity contribution in [2.75, 3.05) is 13.2 Å². The van der Waals surface area contributed by atoms with Crippen LogP contribution in [0.3, 0.4) is 0 Å². The van der Waals surface area contributed by atoms with E-state index in [2.05, 4.69) is 93.7 Å². The summed E-state index contributed by atoms with van der Waals surface area (Å²) in [6, 6.07) is 0. The molecule has 65 heavy (non-hydrogen) atoms. The van der Waals surface area contributed by atoms with Crippen molar-refractivity contribution in [3.8, 4) is 0 Å². The van der Waals surface area contributed by atoms with Gasteiger partial charge in [0.1, 0.15) is 13.2 Å². The Labute approximate surface area is 402 Å². The molecule has 1 unspecified atom stereocenters. The third-order valence-electron chi connectivity index (χ3n) is 11.7. The monoisotopic (exact) mass is 907 g/mol. The van der Waals surface area contributed by atoms with Crippen LogP contribution in [0.5, 0.6) is 0 Å². The van der Waals surface area contributed by atoms with Crippen LogP contribution < -0.4 is 0 Å². The largest absolute Gasteiger partial charge is 0.462 e. The lowest BCUT2D eigenvalue weighted by molar-refractivity contribution is -0.167. The summed E-state index contributed by atoms with van der Waals surface area (Å²) >= 11 is 0. The van der Waals surface area contributed by atoms with Crippen molar-refractivity contribution in [1.82, 2.24) is 0 Å². The van der Waals surface area contributed by atoms with Gasteiger partial charge in [0.25, 0.3) is 0 Å². The zero-order chi connectivity index (χ0) is 47.2. The molecule has 0 aromatic rings. The van der Waals surface area contributed by atoms with Crippen LogP contribution >= 0.6 is 0 Å². The van der Waals surface area contributed by atoms with Crippen molar-refractivity contribution in [3.05, 3.63) is 72.9 Å². The lowest BCUT2D eigenvalue weighted by Crippen LogP contribution is -2.30. The Morgan fingerprint density at radius 3 is 0.954 bits per heavy atom. The molecule has 1 atom stereocenters. The van der Waals surface area contributed by atoms with Gasteiger partial charge in [-0.15, -0.1) is 0 Å². The molecule has 0 aromatic heterocycles. The van der Waals surface area contributed by atoms with Crippen molar-refractivity contribution < 1.29 is 28.6 Å². The zero-order valence-electron chi connectivity index (χ0n) is 42.7. The highest BCUT2D eigenvalue weighted by Gasteiger charge is 2.19. The molecule has 0 aromatic carbocycles. The zero-order valence-corrected chi connectivity index (χ0v) is 42.7. The molecule has 6 heteroatoms. The second kappa shape index (κ2) is 53.5. The van der Waals surface area contributed by atoms with Crippen LogP contribution in [-0.2, 0) is 28.6 Å². The van der Waals surface area contributed by atoms with Crippen LogP contribution in [0.2, 0.25) is 0 Å². The minimum atomic E-state index is -0.781. The highest BCUT2D eigenvalue weighted by molar-refractivity contribution is 5.71. The Hall–Kier alpha value is -3.15. The minimum Gasteiger partial charge on any atom is -0.462 e. The van der Waals surface area contributed by atoms with Gasteiger partial charge in [0.05, 0.1) is 0 Å². The molecule has 0 fully saturated rings. The number of carbonyl (C=O) groups is 3. The maximum atomic E-state index is 12.8. The highest BCUT2D eigenvalue weighted by Crippen LogP contribution is 2.14. The van der Waals surface area contributed by atoms with Crippen LogP contribution in [-0.4, -0.2) is 37.2 Å². The molecule has 0 spiro atoms. The average Bonchev–Trinajstić information content (AvgIpc) is 3.30. The smallest absolute Gasteiger partial charge is 0.306 e. The summed E-state index contributed by atoms with van der Waals surface area (Å²) in [6.07, 6.45) is 67.5. The summed E-state index contributed by atoms with van der Waals surface area (Å²) in [7, 11) is 0. The second-order valence-electron chi connectivity index (χ2n) is 18.1. The summed E-state index contributed by atoms with van der Waals surface area (Å²) in [5.41, 5.74) is 0. The number of ether oxygens (including phenoxy) is 3. The number of hydrogen-bond donors (Lipinski definition) is 0. The fourth-order valence-corrected chi connectivity index (χ4v) is 7.58. The molecular weight excluding hydrogens is 805 g/mol. The summed E-state index contributed by atoms with van der Waals surface area (Å²) < 4.78 is 16.8. The highest BCUT2D eigenvalue weighted by atomic mass is 16.6. The van der Waals surface area contributed by atoms with Gasteiger partial charge in [-0.1, -0.05) is 229 Å². The van der Waals surface area contributed by atoms with Crippen LogP contribution in [0.15, 0.2) is 72.9 Å². The van der Waals surface area contributed by atoms with E-state index >= 15 is 0 Å².